The molecule has 1 rings (SSSR count). The van der Waals surface area contributed by atoms with Gasteiger partial charge in [0, 0.05) is 11.3 Å². The third-order valence-corrected chi connectivity index (χ3v) is 3.21. The predicted molar refractivity (Wildman–Crippen MR) is 49.3 cm³/mol. The van der Waals surface area contributed by atoms with Gasteiger partial charge in [0.1, 0.15) is 7.05 Å². The van der Waals surface area contributed by atoms with E-state index in [2.05, 4.69) is 0 Å². The lowest BCUT2D eigenvalue weighted by Crippen LogP contribution is -2.47. The molecule has 0 fully saturated rings. The van der Waals surface area contributed by atoms with E-state index in [4.69, 9.17) is 0 Å². The first kappa shape index (κ1) is 11.1. The summed E-state index contributed by atoms with van der Waals surface area (Å²) < 4.78 is 1.72. The van der Waals surface area contributed by atoms with Crippen LogP contribution in [0.4, 0.5) is 0 Å². The zero-order chi connectivity index (χ0) is 10.8. The summed E-state index contributed by atoms with van der Waals surface area (Å²) in [6, 6.07) is 0. The number of aromatic nitrogens is 1. The lowest BCUT2D eigenvalue weighted by molar-refractivity contribution is -0.697. The van der Waals surface area contributed by atoms with Gasteiger partial charge in [-0.3, -0.25) is 10.1 Å². The molecule has 0 radical (unpaired) electrons. The fourth-order valence-corrected chi connectivity index (χ4v) is 2.20. The van der Waals surface area contributed by atoms with Crippen molar-refractivity contribution in [1.82, 2.24) is 0 Å². The molecule has 5 nitrogen and oxygen atoms in total. The number of aryl methyl sites for hydroxylation is 1. The quantitative estimate of drug-likeness (QED) is 0.398. The molecule has 0 aromatic carbocycles. The molecule has 0 bridgehead atoms. The summed E-state index contributed by atoms with van der Waals surface area (Å²) in [5, 5.41) is 24.6. The van der Waals surface area contributed by atoms with Crippen molar-refractivity contribution in [3.8, 4) is 0 Å². The van der Waals surface area contributed by atoms with Crippen LogP contribution in [0.1, 0.15) is 18.4 Å². The first-order chi connectivity index (χ1) is 6.43. The van der Waals surface area contributed by atoms with Crippen LogP contribution in [0, 0.1) is 10.1 Å². The summed E-state index contributed by atoms with van der Waals surface area (Å²) in [7, 11) is 1.77. The molecular formula is C8H12N2O3S. The first-order valence-electron chi connectivity index (χ1n) is 4.19. The number of hydrogen-bond donors (Lipinski definition) is 0. The van der Waals surface area contributed by atoms with Gasteiger partial charge in [-0.25, -0.2) is 0 Å². The molecule has 1 atom stereocenters. The van der Waals surface area contributed by atoms with Crippen LogP contribution in [0.5, 0.6) is 0 Å². The summed E-state index contributed by atoms with van der Waals surface area (Å²) in [5.74, 6) is 0. The SMILES string of the molecule is C[n+]1ccsc1C(C)([O-])CC[N+](=O)[O-]. The van der Waals surface area contributed by atoms with Crippen molar-refractivity contribution in [1.29, 1.82) is 0 Å². The fourth-order valence-electron chi connectivity index (χ4n) is 1.25. The second-order valence-corrected chi connectivity index (χ2v) is 4.25. The van der Waals surface area contributed by atoms with Gasteiger partial charge in [-0.15, -0.1) is 0 Å². The van der Waals surface area contributed by atoms with E-state index in [1.54, 1.807) is 23.2 Å². The normalized spacial score (nSPS) is 15.1. The van der Waals surface area contributed by atoms with Gasteiger partial charge in [0.25, 0.3) is 0 Å². The number of rotatable bonds is 4. The molecular weight excluding hydrogens is 204 g/mol. The summed E-state index contributed by atoms with van der Waals surface area (Å²) in [5.41, 5.74) is -1.37. The highest BCUT2D eigenvalue weighted by Crippen LogP contribution is 2.21. The van der Waals surface area contributed by atoms with Gasteiger partial charge >= 0.3 is 0 Å². The van der Waals surface area contributed by atoms with Crippen molar-refractivity contribution in [3.05, 3.63) is 26.7 Å². The van der Waals surface area contributed by atoms with Crippen LogP contribution in [-0.4, -0.2) is 11.5 Å². The number of nitrogens with zero attached hydrogens (tertiary/aromatic N) is 2. The van der Waals surface area contributed by atoms with Crippen LogP contribution in [0.25, 0.3) is 0 Å². The van der Waals surface area contributed by atoms with Gasteiger partial charge in [0.05, 0.1) is 5.38 Å². The molecule has 0 saturated carbocycles. The maximum absolute atomic E-state index is 12.0. The summed E-state index contributed by atoms with van der Waals surface area (Å²) in [6.45, 7) is 1.21. The third kappa shape index (κ3) is 2.49. The molecule has 0 amide bonds. The molecule has 1 aromatic heterocycles. The summed E-state index contributed by atoms with van der Waals surface area (Å²) >= 11 is 1.34. The predicted octanol–water partition coefficient (Wildman–Crippen LogP) is -0.185. The fraction of sp³-hybridized carbons (Fsp3) is 0.625. The van der Waals surface area contributed by atoms with Gasteiger partial charge in [-0.05, 0) is 5.60 Å². The average Bonchev–Trinajstić information content (AvgIpc) is 2.48. The number of nitro groups is 1. The van der Waals surface area contributed by atoms with E-state index < -0.39 is 10.5 Å². The topological polar surface area (TPSA) is 70.1 Å². The zero-order valence-corrected chi connectivity index (χ0v) is 8.91. The van der Waals surface area contributed by atoms with Crippen LogP contribution in [0.3, 0.4) is 0 Å². The molecule has 1 aromatic rings. The monoisotopic (exact) mass is 216 g/mol. The highest BCUT2D eigenvalue weighted by atomic mass is 32.1. The van der Waals surface area contributed by atoms with Crippen LogP contribution in [0.15, 0.2) is 11.6 Å². The van der Waals surface area contributed by atoms with Gasteiger partial charge < -0.3 is 5.11 Å². The molecule has 1 heterocycles. The molecule has 6 heteroatoms. The van der Waals surface area contributed by atoms with Crippen LogP contribution in [0.2, 0.25) is 0 Å². The maximum Gasteiger partial charge on any atom is 0.226 e. The highest BCUT2D eigenvalue weighted by molar-refractivity contribution is 7.09. The molecule has 0 aliphatic carbocycles. The molecule has 0 aliphatic rings. The molecule has 1 unspecified atom stereocenters. The zero-order valence-electron chi connectivity index (χ0n) is 8.10. The third-order valence-electron chi connectivity index (χ3n) is 2.01. The van der Waals surface area contributed by atoms with Crippen LogP contribution >= 0.6 is 11.3 Å². The molecule has 14 heavy (non-hydrogen) atoms. The van der Waals surface area contributed by atoms with E-state index in [1.807, 2.05) is 0 Å². The Morgan fingerprint density at radius 1 is 1.71 bits per heavy atom. The van der Waals surface area contributed by atoms with Gasteiger partial charge in [-0.2, -0.15) is 4.57 Å². The van der Waals surface area contributed by atoms with E-state index in [-0.39, 0.29) is 13.0 Å². The molecule has 0 spiro atoms. The van der Waals surface area contributed by atoms with Crippen molar-refractivity contribution in [2.24, 2.45) is 7.05 Å². The Balaban J connectivity index is 2.75. The Labute approximate surface area is 85.8 Å². The minimum Gasteiger partial charge on any atom is -0.841 e. The van der Waals surface area contributed by atoms with Crippen molar-refractivity contribution < 1.29 is 14.6 Å². The number of thiazole rings is 1. The van der Waals surface area contributed by atoms with Crippen molar-refractivity contribution >= 4 is 11.3 Å². The second kappa shape index (κ2) is 4.02. The lowest BCUT2D eigenvalue weighted by Gasteiger charge is -2.29. The Bertz CT molecular complexity index is 335. The summed E-state index contributed by atoms with van der Waals surface area (Å²) in [4.78, 5) is 9.71. The Hall–Kier alpha value is -1.01. The van der Waals surface area contributed by atoms with E-state index in [9.17, 15) is 15.2 Å². The number of hydrogen-bond acceptors (Lipinski definition) is 4. The van der Waals surface area contributed by atoms with E-state index >= 15 is 0 Å². The Morgan fingerprint density at radius 2 is 2.36 bits per heavy atom. The molecule has 0 saturated heterocycles. The van der Waals surface area contributed by atoms with E-state index in [1.165, 1.54) is 18.3 Å². The molecule has 78 valence electrons. The molecule has 0 aliphatic heterocycles. The second-order valence-electron chi connectivity index (χ2n) is 3.36. The van der Waals surface area contributed by atoms with Gasteiger partial charge in [0.15, 0.2) is 6.20 Å². The highest BCUT2D eigenvalue weighted by Gasteiger charge is 2.25. The smallest absolute Gasteiger partial charge is 0.226 e. The molecule has 0 N–H and O–H groups in total. The standard InChI is InChI=1S/C8H12N2O3S/c1-8(11,3-4-10(12)13)7-9(2)5-6-14-7/h5-6H,3-4H2,1-2H3. The van der Waals surface area contributed by atoms with Gasteiger partial charge in [0.2, 0.25) is 11.6 Å². The Kier molecular flexibility index (Phi) is 3.17. The Morgan fingerprint density at radius 3 is 2.79 bits per heavy atom. The maximum atomic E-state index is 12.0. The van der Waals surface area contributed by atoms with Crippen LogP contribution < -0.4 is 9.67 Å². The summed E-state index contributed by atoms with van der Waals surface area (Å²) in [6.07, 6.45) is 1.80. The van der Waals surface area contributed by atoms with Crippen LogP contribution in [-0.2, 0) is 12.6 Å². The lowest BCUT2D eigenvalue weighted by atomic mass is 10.0. The minimum atomic E-state index is -1.37. The van der Waals surface area contributed by atoms with Crippen molar-refractivity contribution in [2.75, 3.05) is 6.54 Å². The largest absolute Gasteiger partial charge is 0.841 e. The first-order valence-corrected chi connectivity index (χ1v) is 5.07. The average molecular weight is 216 g/mol. The van der Waals surface area contributed by atoms with Crippen molar-refractivity contribution in [3.63, 3.8) is 0 Å². The minimum absolute atomic E-state index is 0.0222. The van der Waals surface area contributed by atoms with E-state index in [0.717, 1.165) is 0 Å². The van der Waals surface area contributed by atoms with E-state index in [0.29, 0.717) is 5.01 Å². The van der Waals surface area contributed by atoms with Crippen molar-refractivity contribution in [2.45, 2.75) is 18.9 Å². The van der Waals surface area contributed by atoms with Gasteiger partial charge in [-0.1, -0.05) is 18.3 Å².